The number of aliphatic hydroxyl groups is 1. The number of hydrogen-bond acceptors (Lipinski definition) is 4. The zero-order valence-corrected chi connectivity index (χ0v) is 11.6. The molecular formula is C12H20O5S. The van der Waals surface area contributed by atoms with Crippen LogP contribution in [0.2, 0.25) is 0 Å². The van der Waals surface area contributed by atoms with Crippen molar-refractivity contribution in [3.63, 3.8) is 0 Å². The van der Waals surface area contributed by atoms with E-state index in [9.17, 15) is 8.42 Å². The average molecular weight is 276 g/mol. The van der Waals surface area contributed by atoms with E-state index in [0.717, 1.165) is 12.2 Å². The molecule has 1 atom stereocenters. The monoisotopic (exact) mass is 276 g/mol. The van der Waals surface area contributed by atoms with E-state index in [1.807, 2.05) is 24.3 Å². The van der Waals surface area contributed by atoms with Crippen LogP contribution < -0.4 is 4.74 Å². The molecule has 1 unspecified atom stereocenters. The van der Waals surface area contributed by atoms with Gasteiger partial charge in [-0.1, -0.05) is 19.1 Å². The molecule has 0 aromatic heterocycles. The van der Waals surface area contributed by atoms with Crippen molar-refractivity contribution in [1.82, 2.24) is 0 Å². The lowest BCUT2D eigenvalue weighted by Crippen LogP contribution is -1.96. The average Bonchev–Trinajstić information content (AvgIpc) is 2.27. The zero-order valence-electron chi connectivity index (χ0n) is 10.8. The second-order valence-corrected chi connectivity index (χ2v) is 5.39. The van der Waals surface area contributed by atoms with Crippen LogP contribution >= 0.6 is 0 Å². The number of aliphatic hydroxyl groups excluding tert-OH is 1. The Morgan fingerprint density at radius 2 is 1.72 bits per heavy atom. The third-order valence-electron chi connectivity index (χ3n) is 2.25. The van der Waals surface area contributed by atoms with Crippen molar-refractivity contribution in [2.24, 2.45) is 0 Å². The Kier molecular flexibility index (Phi) is 7.58. The Hall–Kier alpha value is -1.11. The highest BCUT2D eigenvalue weighted by Crippen LogP contribution is 2.21. The van der Waals surface area contributed by atoms with Gasteiger partial charge in [0.1, 0.15) is 5.75 Å². The maximum absolute atomic E-state index is 9.19. The van der Waals surface area contributed by atoms with E-state index >= 15 is 0 Å². The lowest BCUT2D eigenvalue weighted by molar-refractivity contribution is 0.278. The SMILES string of the molecule is COc1ccc(C(C)CCO)cc1.CS(=O)(=O)O. The fourth-order valence-corrected chi connectivity index (χ4v) is 1.29. The first-order chi connectivity index (χ1) is 8.27. The van der Waals surface area contributed by atoms with Crippen LogP contribution in [0.4, 0.5) is 0 Å². The van der Waals surface area contributed by atoms with Crippen LogP contribution in [0.15, 0.2) is 24.3 Å². The molecule has 0 fully saturated rings. The molecular weight excluding hydrogens is 256 g/mol. The zero-order chi connectivity index (χ0) is 14.2. The first-order valence-corrected chi connectivity index (χ1v) is 7.30. The van der Waals surface area contributed by atoms with Crippen molar-refractivity contribution in [2.75, 3.05) is 20.0 Å². The van der Waals surface area contributed by atoms with Crippen LogP contribution in [0.5, 0.6) is 5.75 Å². The smallest absolute Gasteiger partial charge is 0.261 e. The molecule has 18 heavy (non-hydrogen) atoms. The minimum Gasteiger partial charge on any atom is -0.497 e. The summed E-state index contributed by atoms with van der Waals surface area (Å²) in [6.45, 7) is 2.35. The highest BCUT2D eigenvalue weighted by atomic mass is 32.2. The van der Waals surface area contributed by atoms with Crippen LogP contribution in [0.1, 0.15) is 24.8 Å². The molecule has 5 nitrogen and oxygen atoms in total. The summed E-state index contributed by atoms with van der Waals surface area (Å²) in [6, 6.07) is 7.98. The maximum Gasteiger partial charge on any atom is 0.261 e. The second-order valence-electron chi connectivity index (χ2n) is 3.92. The molecule has 0 bridgehead atoms. The standard InChI is InChI=1S/C11H16O2.CH4O3S/c1-9(7-8-12)10-3-5-11(13-2)6-4-10;1-5(2,3)4/h3-6,9,12H,7-8H2,1-2H3;1H3,(H,2,3,4). The van der Waals surface area contributed by atoms with E-state index in [2.05, 4.69) is 6.92 Å². The van der Waals surface area contributed by atoms with Gasteiger partial charge in [0.05, 0.1) is 13.4 Å². The van der Waals surface area contributed by atoms with Crippen LogP contribution in [0.3, 0.4) is 0 Å². The predicted octanol–water partition coefficient (Wildman–Crippen LogP) is 1.69. The van der Waals surface area contributed by atoms with Crippen molar-refractivity contribution in [3.8, 4) is 5.75 Å². The molecule has 6 heteroatoms. The minimum atomic E-state index is -3.67. The van der Waals surface area contributed by atoms with E-state index < -0.39 is 10.1 Å². The summed E-state index contributed by atoms with van der Waals surface area (Å²) in [7, 11) is -2.01. The van der Waals surface area contributed by atoms with Gasteiger partial charge in [-0.25, -0.2) is 0 Å². The Morgan fingerprint density at radius 1 is 1.28 bits per heavy atom. The van der Waals surface area contributed by atoms with Gasteiger partial charge in [0.25, 0.3) is 10.1 Å². The summed E-state index contributed by atoms with van der Waals surface area (Å²) < 4.78 is 30.9. The Labute approximate surface area is 108 Å². The molecule has 0 saturated heterocycles. The maximum atomic E-state index is 9.19. The lowest BCUT2D eigenvalue weighted by atomic mass is 9.98. The Balaban J connectivity index is 0.000000494. The summed E-state index contributed by atoms with van der Waals surface area (Å²) in [5, 5.41) is 8.77. The molecule has 2 N–H and O–H groups in total. The first-order valence-electron chi connectivity index (χ1n) is 5.45. The third-order valence-corrected chi connectivity index (χ3v) is 2.25. The van der Waals surface area contributed by atoms with E-state index in [1.165, 1.54) is 5.56 Å². The molecule has 0 radical (unpaired) electrons. The van der Waals surface area contributed by atoms with Gasteiger partial charge in [-0.05, 0) is 30.0 Å². The molecule has 104 valence electrons. The fourth-order valence-electron chi connectivity index (χ4n) is 1.29. The lowest BCUT2D eigenvalue weighted by Gasteiger charge is -2.10. The van der Waals surface area contributed by atoms with Gasteiger partial charge in [0.2, 0.25) is 0 Å². The van der Waals surface area contributed by atoms with E-state index in [4.69, 9.17) is 14.4 Å². The normalized spacial score (nSPS) is 12.3. The number of methoxy groups -OCH3 is 1. The highest BCUT2D eigenvalue weighted by Gasteiger charge is 2.03. The van der Waals surface area contributed by atoms with Crippen LogP contribution in [-0.4, -0.2) is 38.0 Å². The van der Waals surface area contributed by atoms with Crippen molar-refractivity contribution < 1.29 is 22.8 Å². The van der Waals surface area contributed by atoms with Gasteiger partial charge < -0.3 is 9.84 Å². The number of ether oxygens (including phenoxy) is 1. The Bertz CT molecular complexity index is 416. The summed E-state index contributed by atoms with van der Waals surface area (Å²) in [5.74, 6) is 1.29. The quantitative estimate of drug-likeness (QED) is 0.817. The van der Waals surface area contributed by atoms with Crippen LogP contribution in [0.25, 0.3) is 0 Å². The third kappa shape index (κ3) is 8.98. The largest absolute Gasteiger partial charge is 0.497 e. The van der Waals surface area contributed by atoms with Gasteiger partial charge in [0, 0.05) is 6.61 Å². The Morgan fingerprint density at radius 3 is 2.06 bits per heavy atom. The highest BCUT2D eigenvalue weighted by molar-refractivity contribution is 7.85. The summed E-state index contributed by atoms with van der Waals surface area (Å²) in [4.78, 5) is 0. The molecule has 0 spiro atoms. The van der Waals surface area contributed by atoms with E-state index in [1.54, 1.807) is 7.11 Å². The summed E-state index contributed by atoms with van der Waals surface area (Å²) >= 11 is 0. The molecule has 0 heterocycles. The topological polar surface area (TPSA) is 83.8 Å². The molecule has 1 aromatic carbocycles. The van der Waals surface area contributed by atoms with Gasteiger partial charge >= 0.3 is 0 Å². The number of benzene rings is 1. The van der Waals surface area contributed by atoms with Gasteiger partial charge in [-0.15, -0.1) is 0 Å². The van der Waals surface area contributed by atoms with E-state index in [0.29, 0.717) is 12.2 Å². The number of rotatable bonds is 4. The van der Waals surface area contributed by atoms with Crippen LogP contribution in [0, 0.1) is 0 Å². The summed E-state index contributed by atoms with van der Waals surface area (Å²) in [5.41, 5.74) is 1.25. The molecule has 1 aromatic rings. The molecule has 1 rings (SSSR count). The molecule has 0 aliphatic heterocycles. The van der Waals surface area contributed by atoms with E-state index in [-0.39, 0.29) is 6.61 Å². The van der Waals surface area contributed by atoms with Crippen molar-refractivity contribution in [1.29, 1.82) is 0 Å². The van der Waals surface area contributed by atoms with Crippen molar-refractivity contribution in [3.05, 3.63) is 29.8 Å². The minimum absolute atomic E-state index is 0.243. The van der Waals surface area contributed by atoms with Gasteiger partial charge in [0.15, 0.2) is 0 Å². The summed E-state index contributed by atoms with van der Waals surface area (Å²) in [6.07, 6.45) is 1.53. The van der Waals surface area contributed by atoms with Crippen molar-refractivity contribution in [2.45, 2.75) is 19.3 Å². The predicted molar refractivity (Wildman–Crippen MR) is 70.6 cm³/mol. The van der Waals surface area contributed by atoms with Crippen molar-refractivity contribution >= 4 is 10.1 Å². The molecule has 0 aliphatic carbocycles. The molecule has 0 saturated carbocycles. The molecule has 0 aliphatic rings. The van der Waals surface area contributed by atoms with Gasteiger partial charge in [-0.2, -0.15) is 8.42 Å². The molecule has 0 amide bonds. The fraction of sp³-hybridized carbons (Fsp3) is 0.500. The first kappa shape index (κ1) is 16.9. The number of hydrogen-bond donors (Lipinski definition) is 2. The van der Waals surface area contributed by atoms with Crippen LogP contribution in [-0.2, 0) is 10.1 Å². The van der Waals surface area contributed by atoms with Gasteiger partial charge in [-0.3, -0.25) is 4.55 Å². The second kappa shape index (κ2) is 8.07.